The maximum absolute atomic E-state index is 12.3. The predicted molar refractivity (Wildman–Crippen MR) is 107 cm³/mol. The molecule has 0 bridgehead atoms. The fourth-order valence-corrected chi connectivity index (χ4v) is 3.32. The van der Waals surface area contributed by atoms with Gasteiger partial charge in [0, 0.05) is 11.4 Å². The lowest BCUT2D eigenvalue weighted by Crippen LogP contribution is -2.16. The van der Waals surface area contributed by atoms with Gasteiger partial charge in [-0.2, -0.15) is 0 Å². The van der Waals surface area contributed by atoms with Crippen LogP contribution in [0.25, 0.3) is 11.0 Å². The second-order valence-electron chi connectivity index (χ2n) is 5.94. The number of amides is 1. The summed E-state index contributed by atoms with van der Waals surface area (Å²) in [7, 11) is 0. The zero-order valence-corrected chi connectivity index (χ0v) is 16.1. The summed E-state index contributed by atoms with van der Waals surface area (Å²) in [5, 5.41) is 3.64. The molecule has 2 aromatic heterocycles. The Morgan fingerprint density at radius 3 is 2.67 bits per heavy atom. The first-order valence-corrected chi connectivity index (χ1v) is 9.48. The van der Waals surface area contributed by atoms with Gasteiger partial charge in [0.2, 0.25) is 5.91 Å². The van der Waals surface area contributed by atoms with Crippen LogP contribution < -0.4 is 15.6 Å². The summed E-state index contributed by atoms with van der Waals surface area (Å²) in [4.78, 5) is 35.8. The van der Waals surface area contributed by atoms with Crippen LogP contribution in [0.1, 0.15) is 18.2 Å². The van der Waals surface area contributed by atoms with E-state index < -0.39 is 0 Å². The largest absolute Gasteiger partial charge is 0.494 e. The number of thioether (sulfide) groups is 1. The molecule has 0 radical (unpaired) electrons. The normalized spacial score (nSPS) is 10.8. The molecule has 8 heteroatoms. The van der Waals surface area contributed by atoms with E-state index in [-0.39, 0.29) is 17.2 Å². The standard InChI is InChI=1S/C19H20N4O3S/c1-4-26-14-7-5-13(6-8-14)21-15(24)10-27-19-22-17-16(18(25)23-19)11(2)9-12(3)20-17/h5-9H,4,10H2,1-3H3,(H,21,24)(H,20,22,23,25). The van der Waals surface area contributed by atoms with Gasteiger partial charge in [0.25, 0.3) is 5.56 Å². The molecule has 0 unspecified atom stereocenters. The van der Waals surface area contributed by atoms with E-state index in [1.807, 2.05) is 26.8 Å². The number of fused-ring (bicyclic) bond motifs is 1. The van der Waals surface area contributed by atoms with Crippen LogP contribution in [0.2, 0.25) is 0 Å². The molecule has 140 valence electrons. The molecular formula is C19H20N4O3S. The summed E-state index contributed by atoms with van der Waals surface area (Å²) in [5.41, 5.74) is 2.44. The van der Waals surface area contributed by atoms with E-state index in [0.717, 1.165) is 28.8 Å². The zero-order chi connectivity index (χ0) is 19.4. The first-order valence-electron chi connectivity index (χ1n) is 8.50. The van der Waals surface area contributed by atoms with E-state index in [0.29, 0.717) is 28.5 Å². The van der Waals surface area contributed by atoms with Gasteiger partial charge in [-0.25, -0.2) is 9.97 Å². The SMILES string of the molecule is CCOc1ccc(NC(=O)CSc2nc3nc(C)cc(C)c3c(=O)[nH]2)cc1. The summed E-state index contributed by atoms with van der Waals surface area (Å²) in [5.74, 6) is 0.674. The third kappa shape index (κ3) is 4.65. The van der Waals surface area contributed by atoms with Gasteiger partial charge in [-0.15, -0.1) is 0 Å². The second kappa shape index (κ2) is 8.22. The molecule has 1 aromatic carbocycles. The highest BCUT2D eigenvalue weighted by atomic mass is 32.2. The number of anilines is 1. The van der Waals surface area contributed by atoms with Crippen molar-refractivity contribution in [3.8, 4) is 5.75 Å². The third-order valence-corrected chi connectivity index (χ3v) is 4.64. The molecule has 0 aliphatic heterocycles. The molecule has 3 rings (SSSR count). The lowest BCUT2D eigenvalue weighted by atomic mass is 10.2. The fourth-order valence-electron chi connectivity index (χ4n) is 2.66. The van der Waals surface area contributed by atoms with Crippen molar-refractivity contribution in [3.05, 3.63) is 51.9 Å². The van der Waals surface area contributed by atoms with Crippen LogP contribution in [0.15, 0.2) is 40.3 Å². The first-order chi connectivity index (χ1) is 13.0. The number of carbonyl (C=O) groups is 1. The van der Waals surface area contributed by atoms with Crippen LogP contribution in [0.4, 0.5) is 5.69 Å². The first kappa shape index (κ1) is 18.9. The maximum Gasteiger partial charge on any atom is 0.261 e. The molecule has 3 aromatic rings. The minimum Gasteiger partial charge on any atom is -0.494 e. The Hall–Kier alpha value is -2.87. The summed E-state index contributed by atoms with van der Waals surface area (Å²) >= 11 is 1.16. The zero-order valence-electron chi connectivity index (χ0n) is 15.3. The van der Waals surface area contributed by atoms with Crippen LogP contribution in [-0.4, -0.2) is 33.2 Å². The molecule has 27 heavy (non-hydrogen) atoms. The molecule has 2 N–H and O–H groups in total. The molecule has 0 atom stereocenters. The number of hydrogen-bond acceptors (Lipinski definition) is 6. The number of aromatic nitrogens is 3. The Morgan fingerprint density at radius 2 is 1.96 bits per heavy atom. The number of hydrogen-bond donors (Lipinski definition) is 2. The van der Waals surface area contributed by atoms with Gasteiger partial charge in [-0.3, -0.25) is 9.59 Å². The molecule has 1 amide bonds. The molecule has 7 nitrogen and oxygen atoms in total. The summed E-state index contributed by atoms with van der Waals surface area (Å²) in [6, 6.07) is 8.99. The molecule has 0 aliphatic rings. The van der Waals surface area contributed by atoms with Gasteiger partial charge in [0.05, 0.1) is 17.7 Å². The highest BCUT2D eigenvalue weighted by Gasteiger charge is 2.11. The van der Waals surface area contributed by atoms with Gasteiger partial charge in [0.1, 0.15) is 5.75 Å². The van der Waals surface area contributed by atoms with Crippen molar-refractivity contribution in [2.45, 2.75) is 25.9 Å². The van der Waals surface area contributed by atoms with Gasteiger partial charge < -0.3 is 15.0 Å². The molecule has 0 aliphatic carbocycles. The Bertz CT molecular complexity index is 1030. The quantitative estimate of drug-likeness (QED) is 0.501. The number of benzene rings is 1. The predicted octanol–water partition coefficient (Wildman–Crippen LogP) is 3.06. The minimum atomic E-state index is -0.251. The van der Waals surface area contributed by atoms with E-state index in [4.69, 9.17) is 4.74 Å². The number of nitrogens with zero attached hydrogens (tertiary/aromatic N) is 2. The molecular weight excluding hydrogens is 364 g/mol. The van der Waals surface area contributed by atoms with E-state index >= 15 is 0 Å². The van der Waals surface area contributed by atoms with Crippen LogP contribution in [0, 0.1) is 13.8 Å². The van der Waals surface area contributed by atoms with Crippen LogP contribution in [0.3, 0.4) is 0 Å². The van der Waals surface area contributed by atoms with Crippen molar-refractivity contribution in [1.29, 1.82) is 0 Å². The Labute approximate surface area is 160 Å². The lowest BCUT2D eigenvalue weighted by molar-refractivity contribution is -0.113. The number of rotatable bonds is 6. The summed E-state index contributed by atoms with van der Waals surface area (Å²) in [6.45, 7) is 6.21. The van der Waals surface area contributed by atoms with Gasteiger partial charge in [-0.1, -0.05) is 11.8 Å². The number of nitrogens with one attached hydrogen (secondary N) is 2. The lowest BCUT2D eigenvalue weighted by Gasteiger charge is -2.07. The van der Waals surface area contributed by atoms with Gasteiger partial charge >= 0.3 is 0 Å². The van der Waals surface area contributed by atoms with E-state index in [1.165, 1.54) is 0 Å². The monoisotopic (exact) mass is 384 g/mol. The number of ether oxygens (including phenoxy) is 1. The van der Waals surface area contributed by atoms with Crippen LogP contribution in [-0.2, 0) is 4.79 Å². The Kier molecular flexibility index (Phi) is 5.75. The average Bonchev–Trinajstić information content (AvgIpc) is 2.61. The van der Waals surface area contributed by atoms with Crippen molar-refractivity contribution in [3.63, 3.8) is 0 Å². The van der Waals surface area contributed by atoms with Crippen molar-refractivity contribution >= 4 is 34.4 Å². The highest BCUT2D eigenvalue weighted by molar-refractivity contribution is 7.99. The van der Waals surface area contributed by atoms with E-state index in [2.05, 4.69) is 20.3 Å². The minimum absolute atomic E-state index is 0.118. The number of aryl methyl sites for hydroxylation is 2. The van der Waals surface area contributed by atoms with Gasteiger partial charge in [0.15, 0.2) is 10.8 Å². The fraction of sp³-hybridized carbons (Fsp3) is 0.263. The van der Waals surface area contributed by atoms with Crippen molar-refractivity contribution < 1.29 is 9.53 Å². The smallest absolute Gasteiger partial charge is 0.261 e. The van der Waals surface area contributed by atoms with Crippen LogP contribution >= 0.6 is 11.8 Å². The van der Waals surface area contributed by atoms with Gasteiger partial charge in [-0.05, 0) is 56.7 Å². The number of carbonyl (C=O) groups excluding carboxylic acids is 1. The molecule has 0 saturated heterocycles. The van der Waals surface area contributed by atoms with Crippen molar-refractivity contribution in [2.75, 3.05) is 17.7 Å². The van der Waals surface area contributed by atoms with Crippen molar-refractivity contribution in [1.82, 2.24) is 15.0 Å². The Morgan fingerprint density at radius 1 is 1.22 bits per heavy atom. The Balaban J connectivity index is 1.67. The number of H-pyrrole nitrogens is 1. The van der Waals surface area contributed by atoms with Crippen molar-refractivity contribution in [2.24, 2.45) is 0 Å². The van der Waals surface area contributed by atoms with E-state index in [9.17, 15) is 9.59 Å². The molecule has 0 fully saturated rings. The highest BCUT2D eigenvalue weighted by Crippen LogP contribution is 2.18. The maximum atomic E-state index is 12.3. The summed E-state index contributed by atoms with van der Waals surface area (Å²) < 4.78 is 5.37. The second-order valence-corrected chi connectivity index (χ2v) is 6.91. The van der Waals surface area contributed by atoms with Crippen LogP contribution in [0.5, 0.6) is 5.75 Å². The molecule has 0 spiro atoms. The third-order valence-electron chi connectivity index (χ3n) is 3.77. The molecule has 0 saturated carbocycles. The topological polar surface area (TPSA) is 97.0 Å². The summed E-state index contributed by atoms with van der Waals surface area (Å²) in [6.07, 6.45) is 0. The molecule has 2 heterocycles. The number of aromatic amines is 1. The number of pyridine rings is 1. The average molecular weight is 384 g/mol. The van der Waals surface area contributed by atoms with E-state index in [1.54, 1.807) is 24.3 Å².